The normalized spacial score (nSPS) is 23.0. The van der Waals surface area contributed by atoms with Gasteiger partial charge in [0.25, 0.3) is 0 Å². The highest BCUT2D eigenvalue weighted by Gasteiger charge is 2.28. The van der Waals surface area contributed by atoms with Crippen molar-refractivity contribution in [1.82, 2.24) is 5.32 Å². The van der Waals surface area contributed by atoms with Crippen LogP contribution >= 0.6 is 0 Å². The Bertz CT molecular complexity index is 179. The van der Waals surface area contributed by atoms with E-state index >= 15 is 0 Å². The number of rotatable bonds is 2. The molecule has 0 aromatic rings. The first-order chi connectivity index (χ1) is 5.24. The van der Waals surface area contributed by atoms with Gasteiger partial charge < -0.3 is 10.1 Å². The molecular formula is C7H11NO3. The molecule has 1 atom stereocenters. The summed E-state index contributed by atoms with van der Waals surface area (Å²) in [5, 5.41) is 2.57. The van der Waals surface area contributed by atoms with Crippen LogP contribution in [0, 0.1) is 5.92 Å². The maximum absolute atomic E-state index is 11.0. The Labute approximate surface area is 64.9 Å². The lowest BCUT2D eigenvalue weighted by molar-refractivity contribution is -0.147. The van der Waals surface area contributed by atoms with Gasteiger partial charge in [0.2, 0.25) is 5.91 Å². The maximum Gasteiger partial charge on any atom is 0.311 e. The molecule has 0 saturated carbocycles. The van der Waals surface area contributed by atoms with E-state index in [9.17, 15) is 9.59 Å². The summed E-state index contributed by atoms with van der Waals surface area (Å²) < 4.78 is 4.74. The zero-order valence-corrected chi connectivity index (χ0v) is 6.42. The number of amides is 1. The van der Waals surface area contributed by atoms with Crippen LogP contribution in [0.5, 0.6) is 0 Å². The lowest BCUT2D eigenvalue weighted by Crippen LogP contribution is -2.20. The van der Waals surface area contributed by atoms with E-state index in [0.29, 0.717) is 13.2 Å². The van der Waals surface area contributed by atoms with Crippen LogP contribution in [0.4, 0.5) is 0 Å². The van der Waals surface area contributed by atoms with Crippen LogP contribution in [0.15, 0.2) is 0 Å². The van der Waals surface area contributed by atoms with Crippen LogP contribution < -0.4 is 5.32 Å². The van der Waals surface area contributed by atoms with Gasteiger partial charge in [-0.2, -0.15) is 0 Å². The van der Waals surface area contributed by atoms with E-state index in [0.717, 1.165) is 0 Å². The number of carbonyl (C=O) groups excluding carboxylic acids is 2. The van der Waals surface area contributed by atoms with E-state index in [1.165, 1.54) is 0 Å². The minimum atomic E-state index is -0.272. The molecule has 4 nitrogen and oxygen atoms in total. The predicted octanol–water partition coefficient (Wildman–Crippen LogP) is -0.314. The first-order valence-corrected chi connectivity index (χ1v) is 3.67. The van der Waals surface area contributed by atoms with Crippen molar-refractivity contribution >= 4 is 11.9 Å². The quantitative estimate of drug-likeness (QED) is 0.559. The smallest absolute Gasteiger partial charge is 0.311 e. The Kier molecular flexibility index (Phi) is 2.46. The van der Waals surface area contributed by atoms with E-state index in [1.807, 2.05) is 0 Å². The van der Waals surface area contributed by atoms with Crippen LogP contribution in [-0.4, -0.2) is 25.0 Å². The molecule has 0 aliphatic carbocycles. The van der Waals surface area contributed by atoms with Crippen LogP contribution in [0.25, 0.3) is 0 Å². The molecule has 1 fully saturated rings. The first kappa shape index (κ1) is 8.04. The Morgan fingerprint density at radius 3 is 3.00 bits per heavy atom. The molecule has 1 saturated heterocycles. The van der Waals surface area contributed by atoms with Crippen LogP contribution in [-0.2, 0) is 14.3 Å². The maximum atomic E-state index is 11.0. The average Bonchev–Trinajstić information content (AvgIpc) is 2.36. The highest BCUT2D eigenvalue weighted by atomic mass is 16.5. The molecule has 1 heterocycles. The van der Waals surface area contributed by atoms with Gasteiger partial charge in [-0.1, -0.05) is 0 Å². The Morgan fingerprint density at radius 1 is 1.82 bits per heavy atom. The second-order valence-corrected chi connectivity index (χ2v) is 2.46. The topological polar surface area (TPSA) is 55.4 Å². The third kappa shape index (κ3) is 1.93. The fourth-order valence-electron chi connectivity index (χ4n) is 1.03. The minimum Gasteiger partial charge on any atom is -0.466 e. The first-order valence-electron chi connectivity index (χ1n) is 3.67. The molecule has 0 spiro atoms. The van der Waals surface area contributed by atoms with Gasteiger partial charge in [-0.15, -0.1) is 0 Å². The second-order valence-electron chi connectivity index (χ2n) is 2.46. The summed E-state index contributed by atoms with van der Waals surface area (Å²) in [6.45, 7) is 2.56. The van der Waals surface area contributed by atoms with Crippen molar-refractivity contribution in [2.45, 2.75) is 13.3 Å². The lowest BCUT2D eigenvalue weighted by atomic mass is 10.1. The van der Waals surface area contributed by atoms with Crippen LogP contribution in [0.3, 0.4) is 0 Å². The molecule has 1 amide bonds. The van der Waals surface area contributed by atoms with Gasteiger partial charge in [0, 0.05) is 13.0 Å². The number of ether oxygens (including phenoxy) is 1. The van der Waals surface area contributed by atoms with E-state index in [-0.39, 0.29) is 24.2 Å². The standard InChI is InChI=1S/C7H11NO3/c1-2-11-7(10)5-3-6(9)8-4-5/h5H,2-4H2,1H3,(H,8,9). The van der Waals surface area contributed by atoms with Gasteiger partial charge in [0.15, 0.2) is 0 Å². The van der Waals surface area contributed by atoms with Gasteiger partial charge in [0.05, 0.1) is 12.5 Å². The van der Waals surface area contributed by atoms with E-state index in [2.05, 4.69) is 5.32 Å². The van der Waals surface area contributed by atoms with E-state index < -0.39 is 0 Å². The van der Waals surface area contributed by atoms with Crippen molar-refractivity contribution in [2.24, 2.45) is 5.92 Å². The van der Waals surface area contributed by atoms with Crippen LogP contribution in [0.2, 0.25) is 0 Å². The monoisotopic (exact) mass is 157 g/mol. The molecule has 1 rings (SSSR count). The predicted molar refractivity (Wildman–Crippen MR) is 37.7 cm³/mol. The fraction of sp³-hybridized carbons (Fsp3) is 0.714. The van der Waals surface area contributed by atoms with Gasteiger partial charge in [-0.25, -0.2) is 0 Å². The molecule has 1 aliphatic rings. The number of carbonyl (C=O) groups is 2. The van der Waals surface area contributed by atoms with Gasteiger partial charge in [0.1, 0.15) is 0 Å². The molecule has 1 aliphatic heterocycles. The minimum absolute atomic E-state index is 0.0666. The summed E-state index contributed by atoms with van der Waals surface area (Å²) in [4.78, 5) is 21.6. The molecule has 0 radical (unpaired) electrons. The van der Waals surface area contributed by atoms with Gasteiger partial charge in [-0.05, 0) is 6.92 Å². The SMILES string of the molecule is CCOC(=O)C1CNC(=O)C1. The van der Waals surface area contributed by atoms with Gasteiger partial charge in [-0.3, -0.25) is 9.59 Å². The summed E-state index contributed by atoms with van der Waals surface area (Å²) in [6.07, 6.45) is 0.277. The number of hydrogen-bond acceptors (Lipinski definition) is 3. The number of hydrogen-bond donors (Lipinski definition) is 1. The molecule has 1 N–H and O–H groups in total. The van der Waals surface area contributed by atoms with E-state index in [1.54, 1.807) is 6.92 Å². The molecule has 4 heteroatoms. The lowest BCUT2D eigenvalue weighted by Gasteiger charge is -2.04. The Hall–Kier alpha value is -1.06. The summed E-state index contributed by atoms with van der Waals surface area (Å²) in [6, 6.07) is 0. The zero-order valence-electron chi connectivity index (χ0n) is 6.42. The molecule has 1 unspecified atom stereocenters. The summed E-state index contributed by atoms with van der Waals surface area (Å²) in [5.41, 5.74) is 0. The Balaban J connectivity index is 2.37. The highest BCUT2D eigenvalue weighted by molar-refractivity contribution is 5.86. The van der Waals surface area contributed by atoms with Crippen LogP contribution in [0.1, 0.15) is 13.3 Å². The zero-order chi connectivity index (χ0) is 8.27. The van der Waals surface area contributed by atoms with E-state index in [4.69, 9.17) is 4.74 Å². The van der Waals surface area contributed by atoms with Crippen molar-refractivity contribution in [3.8, 4) is 0 Å². The van der Waals surface area contributed by atoms with Crippen molar-refractivity contribution in [3.05, 3.63) is 0 Å². The average molecular weight is 157 g/mol. The molecule has 0 aromatic carbocycles. The summed E-state index contributed by atoms with van der Waals surface area (Å²) >= 11 is 0. The third-order valence-electron chi connectivity index (χ3n) is 1.60. The highest BCUT2D eigenvalue weighted by Crippen LogP contribution is 2.10. The number of nitrogens with one attached hydrogen (secondary N) is 1. The molecule has 0 aromatic heterocycles. The number of esters is 1. The Morgan fingerprint density at radius 2 is 2.55 bits per heavy atom. The van der Waals surface area contributed by atoms with Crippen molar-refractivity contribution in [3.63, 3.8) is 0 Å². The van der Waals surface area contributed by atoms with Crippen molar-refractivity contribution < 1.29 is 14.3 Å². The largest absolute Gasteiger partial charge is 0.466 e. The van der Waals surface area contributed by atoms with Crippen molar-refractivity contribution in [1.29, 1.82) is 0 Å². The van der Waals surface area contributed by atoms with Gasteiger partial charge >= 0.3 is 5.97 Å². The third-order valence-corrected chi connectivity index (χ3v) is 1.60. The molecule has 62 valence electrons. The molecule has 11 heavy (non-hydrogen) atoms. The second kappa shape index (κ2) is 3.37. The fourth-order valence-corrected chi connectivity index (χ4v) is 1.03. The molecular weight excluding hydrogens is 146 g/mol. The molecule has 0 bridgehead atoms. The summed E-state index contributed by atoms with van der Waals surface area (Å²) in [5.74, 6) is -0.601. The summed E-state index contributed by atoms with van der Waals surface area (Å²) in [7, 11) is 0. The van der Waals surface area contributed by atoms with Crippen molar-refractivity contribution in [2.75, 3.05) is 13.2 Å².